The number of benzene rings is 1. The summed E-state index contributed by atoms with van der Waals surface area (Å²) in [4.78, 5) is 0.293. The molecule has 1 aliphatic carbocycles. The average molecular weight is 302 g/mol. The summed E-state index contributed by atoms with van der Waals surface area (Å²) in [6.07, 6.45) is 5.52. The van der Waals surface area contributed by atoms with Crippen LogP contribution < -0.4 is 4.72 Å². The van der Waals surface area contributed by atoms with Crippen LogP contribution in [-0.2, 0) is 10.0 Å². The van der Waals surface area contributed by atoms with E-state index in [9.17, 15) is 8.42 Å². The van der Waals surface area contributed by atoms with Crippen molar-refractivity contribution in [1.29, 1.82) is 0 Å². The van der Waals surface area contributed by atoms with Crippen LogP contribution in [0.25, 0.3) is 0 Å². The van der Waals surface area contributed by atoms with Crippen LogP contribution in [-0.4, -0.2) is 14.5 Å². The van der Waals surface area contributed by atoms with Crippen molar-refractivity contribution in [1.82, 2.24) is 4.72 Å². The lowest BCUT2D eigenvalue weighted by Crippen LogP contribution is -2.33. The highest BCUT2D eigenvalue weighted by molar-refractivity contribution is 9.10. The van der Waals surface area contributed by atoms with Crippen molar-refractivity contribution >= 4 is 26.0 Å². The number of halogens is 1. The first kappa shape index (κ1) is 11.8. The van der Waals surface area contributed by atoms with Crippen molar-refractivity contribution in [3.05, 3.63) is 40.9 Å². The summed E-state index contributed by atoms with van der Waals surface area (Å²) < 4.78 is 27.4. The van der Waals surface area contributed by atoms with E-state index in [0.29, 0.717) is 9.37 Å². The van der Waals surface area contributed by atoms with Crippen LogP contribution >= 0.6 is 15.9 Å². The second-order valence-electron chi connectivity index (χ2n) is 3.69. The molecular formula is C11H12BrNO2S. The summed E-state index contributed by atoms with van der Waals surface area (Å²) in [5.41, 5.74) is 0. The molecule has 0 atom stereocenters. The van der Waals surface area contributed by atoms with Gasteiger partial charge in [-0.25, -0.2) is 13.1 Å². The van der Waals surface area contributed by atoms with E-state index in [1.54, 1.807) is 24.3 Å². The quantitative estimate of drug-likeness (QED) is 0.872. The lowest BCUT2D eigenvalue weighted by atomic mass is 10.3. The van der Waals surface area contributed by atoms with Crippen molar-refractivity contribution in [3.63, 3.8) is 0 Å². The lowest BCUT2D eigenvalue weighted by molar-refractivity contribution is 0.557. The Morgan fingerprint density at radius 3 is 2.44 bits per heavy atom. The third-order valence-corrected chi connectivity index (χ3v) is 4.99. The second kappa shape index (κ2) is 4.69. The predicted molar refractivity (Wildman–Crippen MR) is 66.6 cm³/mol. The highest BCUT2D eigenvalue weighted by Gasteiger charge is 2.22. The van der Waals surface area contributed by atoms with Crippen molar-refractivity contribution in [2.45, 2.75) is 23.8 Å². The van der Waals surface area contributed by atoms with Gasteiger partial charge in [0.05, 0.1) is 4.90 Å². The van der Waals surface area contributed by atoms with Gasteiger partial charge >= 0.3 is 0 Å². The SMILES string of the molecule is O=S(=O)(NC1CC=CC1)c1ccccc1Br. The predicted octanol–water partition coefficient (Wildman–Crippen LogP) is 2.45. The van der Waals surface area contributed by atoms with Crippen LogP contribution in [0.4, 0.5) is 0 Å². The first-order chi connectivity index (χ1) is 7.59. The molecule has 16 heavy (non-hydrogen) atoms. The van der Waals surface area contributed by atoms with Crippen molar-refractivity contribution < 1.29 is 8.42 Å². The van der Waals surface area contributed by atoms with Crippen molar-refractivity contribution in [3.8, 4) is 0 Å². The van der Waals surface area contributed by atoms with Crippen LogP contribution in [0.5, 0.6) is 0 Å². The fourth-order valence-corrected chi connectivity index (χ4v) is 3.92. The second-order valence-corrected chi connectivity index (χ2v) is 6.23. The van der Waals surface area contributed by atoms with Crippen molar-refractivity contribution in [2.75, 3.05) is 0 Å². The molecule has 0 bridgehead atoms. The first-order valence-electron chi connectivity index (χ1n) is 5.01. The summed E-state index contributed by atoms with van der Waals surface area (Å²) in [5, 5.41) is 0. The van der Waals surface area contributed by atoms with Gasteiger partial charge in [0.1, 0.15) is 0 Å². The van der Waals surface area contributed by atoms with Gasteiger partial charge in [-0.15, -0.1) is 0 Å². The Hall–Kier alpha value is -0.650. The summed E-state index contributed by atoms with van der Waals surface area (Å²) in [5.74, 6) is 0. The van der Waals surface area contributed by atoms with Gasteiger partial charge in [0.15, 0.2) is 0 Å². The normalized spacial score (nSPS) is 16.8. The molecule has 0 heterocycles. The fraction of sp³-hybridized carbons (Fsp3) is 0.273. The number of nitrogens with one attached hydrogen (secondary N) is 1. The lowest BCUT2D eigenvalue weighted by Gasteiger charge is -2.13. The molecule has 0 saturated carbocycles. The van der Waals surface area contributed by atoms with Gasteiger partial charge in [0.2, 0.25) is 10.0 Å². The summed E-state index contributed by atoms with van der Waals surface area (Å²) in [7, 11) is -3.41. The topological polar surface area (TPSA) is 46.2 Å². The molecule has 5 heteroatoms. The summed E-state index contributed by atoms with van der Waals surface area (Å²) in [6, 6.07) is 6.82. The molecule has 0 amide bonds. The van der Waals surface area contributed by atoms with Gasteiger partial charge < -0.3 is 0 Å². The molecule has 1 aliphatic rings. The molecule has 0 radical (unpaired) electrons. The average Bonchev–Trinajstić information content (AvgIpc) is 2.70. The molecular weight excluding hydrogens is 290 g/mol. The third-order valence-electron chi connectivity index (χ3n) is 2.46. The molecule has 0 saturated heterocycles. The maximum atomic E-state index is 12.0. The van der Waals surface area contributed by atoms with E-state index >= 15 is 0 Å². The monoisotopic (exact) mass is 301 g/mol. The Morgan fingerprint density at radius 2 is 1.81 bits per heavy atom. The number of sulfonamides is 1. The van der Waals surface area contributed by atoms with Gasteiger partial charge in [0, 0.05) is 10.5 Å². The van der Waals surface area contributed by atoms with Gasteiger partial charge in [-0.05, 0) is 40.9 Å². The molecule has 86 valence electrons. The zero-order valence-corrected chi connectivity index (χ0v) is 11.0. The minimum absolute atomic E-state index is 0.00268. The largest absolute Gasteiger partial charge is 0.241 e. The number of hydrogen-bond acceptors (Lipinski definition) is 2. The zero-order chi connectivity index (χ0) is 11.6. The van der Waals surface area contributed by atoms with E-state index in [0.717, 1.165) is 12.8 Å². The highest BCUT2D eigenvalue weighted by Crippen LogP contribution is 2.22. The maximum absolute atomic E-state index is 12.0. The Labute approximate surface area is 104 Å². The van der Waals surface area contributed by atoms with E-state index in [-0.39, 0.29) is 6.04 Å². The standard InChI is InChI=1S/C11H12BrNO2S/c12-10-7-3-4-8-11(10)16(14,15)13-9-5-1-2-6-9/h1-4,7-9,13H,5-6H2. The van der Waals surface area contributed by atoms with Crippen molar-refractivity contribution in [2.24, 2.45) is 0 Å². The molecule has 2 rings (SSSR count). The van der Waals surface area contributed by atoms with Crippen LogP contribution in [0.2, 0.25) is 0 Å². The molecule has 0 aliphatic heterocycles. The molecule has 0 spiro atoms. The summed E-state index contributed by atoms with van der Waals surface area (Å²) >= 11 is 3.25. The summed E-state index contributed by atoms with van der Waals surface area (Å²) in [6.45, 7) is 0. The Kier molecular flexibility index (Phi) is 3.47. The molecule has 3 nitrogen and oxygen atoms in total. The van der Waals surface area contributed by atoms with Crippen LogP contribution in [0.15, 0.2) is 45.8 Å². The first-order valence-corrected chi connectivity index (χ1v) is 7.29. The van der Waals surface area contributed by atoms with E-state index in [1.165, 1.54) is 0 Å². The van der Waals surface area contributed by atoms with E-state index in [1.807, 2.05) is 12.2 Å². The smallest absolute Gasteiger partial charge is 0.207 e. The Balaban J connectivity index is 2.22. The third kappa shape index (κ3) is 2.53. The molecule has 0 fully saturated rings. The Bertz CT molecular complexity index is 502. The van der Waals surface area contributed by atoms with Crippen LogP contribution in [0, 0.1) is 0 Å². The van der Waals surface area contributed by atoms with Gasteiger partial charge in [-0.3, -0.25) is 0 Å². The molecule has 0 aromatic heterocycles. The number of rotatable bonds is 3. The molecule has 1 aromatic carbocycles. The van der Waals surface area contributed by atoms with E-state index in [2.05, 4.69) is 20.7 Å². The van der Waals surface area contributed by atoms with E-state index < -0.39 is 10.0 Å². The Morgan fingerprint density at radius 1 is 1.19 bits per heavy atom. The van der Waals surface area contributed by atoms with Gasteiger partial charge in [0.25, 0.3) is 0 Å². The minimum atomic E-state index is -3.41. The number of hydrogen-bond donors (Lipinski definition) is 1. The van der Waals surface area contributed by atoms with E-state index in [4.69, 9.17) is 0 Å². The fourth-order valence-electron chi connectivity index (χ4n) is 1.66. The van der Waals surface area contributed by atoms with Crippen LogP contribution in [0.3, 0.4) is 0 Å². The molecule has 0 unspecified atom stereocenters. The minimum Gasteiger partial charge on any atom is -0.207 e. The zero-order valence-electron chi connectivity index (χ0n) is 8.56. The van der Waals surface area contributed by atoms with Gasteiger partial charge in [-0.2, -0.15) is 0 Å². The molecule has 1 N–H and O–H groups in total. The highest BCUT2D eigenvalue weighted by atomic mass is 79.9. The van der Waals surface area contributed by atoms with Crippen LogP contribution in [0.1, 0.15) is 12.8 Å². The maximum Gasteiger partial charge on any atom is 0.241 e. The van der Waals surface area contributed by atoms with Gasteiger partial charge in [-0.1, -0.05) is 24.3 Å². The molecule has 1 aromatic rings.